The summed E-state index contributed by atoms with van der Waals surface area (Å²) in [6, 6.07) is 5.34. The molecule has 2 aromatic rings. The molecule has 1 aliphatic rings. The third kappa shape index (κ3) is 3.60. The van der Waals surface area contributed by atoms with E-state index in [1.165, 1.54) is 0 Å². The van der Waals surface area contributed by atoms with Crippen LogP contribution in [0.5, 0.6) is 0 Å². The van der Waals surface area contributed by atoms with Crippen molar-refractivity contribution >= 4 is 11.8 Å². The van der Waals surface area contributed by atoms with Crippen molar-refractivity contribution in [2.24, 2.45) is 5.92 Å². The first kappa shape index (κ1) is 18.1. The maximum atomic E-state index is 12.8. The first-order valence-electron chi connectivity index (χ1n) is 8.62. The summed E-state index contributed by atoms with van der Waals surface area (Å²) in [5.74, 6) is -0.729. The van der Waals surface area contributed by atoms with E-state index in [1.54, 1.807) is 17.6 Å². The Balaban J connectivity index is 1.68. The van der Waals surface area contributed by atoms with E-state index < -0.39 is 5.91 Å². The van der Waals surface area contributed by atoms with Crippen molar-refractivity contribution in [3.63, 3.8) is 0 Å². The van der Waals surface area contributed by atoms with Gasteiger partial charge in [-0.3, -0.25) is 19.5 Å². The van der Waals surface area contributed by atoms with Gasteiger partial charge in [0.05, 0.1) is 18.2 Å². The number of pyridine rings is 1. The van der Waals surface area contributed by atoms with Crippen molar-refractivity contribution < 1.29 is 14.8 Å². The maximum absolute atomic E-state index is 12.8. The number of rotatable bonds is 4. The van der Waals surface area contributed by atoms with Crippen LogP contribution in [0.3, 0.4) is 0 Å². The second-order valence-electron chi connectivity index (χ2n) is 6.76. The summed E-state index contributed by atoms with van der Waals surface area (Å²) in [4.78, 5) is 30.4. The lowest BCUT2D eigenvalue weighted by Gasteiger charge is -2.30. The smallest absolute Gasteiger partial charge is 0.293 e. The minimum atomic E-state index is -0.634. The lowest BCUT2D eigenvalue weighted by atomic mass is 10.0. The Morgan fingerprint density at radius 1 is 1.35 bits per heavy atom. The molecule has 0 bridgehead atoms. The summed E-state index contributed by atoms with van der Waals surface area (Å²) in [6.45, 7) is 7.43. The standard InChI is InChI=1S/C18H23N5O3/c1-11(9-23-13(3)8-12(2)20-23)18(25)22-7-6-15-14(10-22)4-5-16(19-15)17(24)21-26/h4-5,8,11,26H,6-7,9-10H2,1-3H3,(H,21,24). The third-order valence-corrected chi connectivity index (χ3v) is 4.67. The molecule has 8 nitrogen and oxygen atoms in total. The zero-order valence-corrected chi connectivity index (χ0v) is 15.2. The molecule has 138 valence electrons. The van der Waals surface area contributed by atoms with Gasteiger partial charge in [0.1, 0.15) is 5.69 Å². The van der Waals surface area contributed by atoms with Crippen LogP contribution >= 0.6 is 0 Å². The third-order valence-electron chi connectivity index (χ3n) is 4.67. The van der Waals surface area contributed by atoms with Crippen molar-refractivity contribution in [2.45, 2.75) is 40.3 Å². The molecule has 1 atom stereocenters. The van der Waals surface area contributed by atoms with Gasteiger partial charge in [-0.2, -0.15) is 5.10 Å². The maximum Gasteiger partial charge on any atom is 0.293 e. The van der Waals surface area contributed by atoms with Gasteiger partial charge >= 0.3 is 0 Å². The van der Waals surface area contributed by atoms with Gasteiger partial charge in [-0.05, 0) is 31.5 Å². The molecule has 0 saturated heterocycles. The fourth-order valence-corrected chi connectivity index (χ4v) is 3.30. The summed E-state index contributed by atoms with van der Waals surface area (Å²) >= 11 is 0. The van der Waals surface area contributed by atoms with Crippen molar-refractivity contribution in [3.05, 3.63) is 46.5 Å². The molecule has 1 aliphatic heterocycles. The lowest BCUT2D eigenvalue weighted by molar-refractivity contribution is -0.136. The SMILES string of the molecule is Cc1cc(C)n(CC(C)C(=O)N2CCc3nc(C(=O)NO)ccc3C2)n1. The summed E-state index contributed by atoms with van der Waals surface area (Å²) in [5, 5.41) is 13.1. The number of hydroxylamine groups is 1. The normalized spacial score (nSPS) is 14.7. The zero-order valence-electron chi connectivity index (χ0n) is 15.2. The van der Waals surface area contributed by atoms with Crippen molar-refractivity contribution in [1.29, 1.82) is 0 Å². The predicted molar refractivity (Wildman–Crippen MR) is 93.5 cm³/mol. The highest BCUT2D eigenvalue weighted by Crippen LogP contribution is 2.20. The molecule has 0 aliphatic carbocycles. The largest absolute Gasteiger partial charge is 0.338 e. The zero-order chi connectivity index (χ0) is 18.8. The molecule has 0 aromatic carbocycles. The van der Waals surface area contributed by atoms with E-state index in [9.17, 15) is 9.59 Å². The Hall–Kier alpha value is -2.74. The second kappa shape index (κ2) is 7.25. The van der Waals surface area contributed by atoms with Crippen LogP contribution in [0.15, 0.2) is 18.2 Å². The molecule has 0 fully saturated rings. The number of nitrogens with one attached hydrogen (secondary N) is 1. The van der Waals surface area contributed by atoms with E-state index in [0.29, 0.717) is 26.1 Å². The number of amides is 2. The van der Waals surface area contributed by atoms with Crippen LogP contribution in [-0.4, -0.2) is 43.2 Å². The number of hydrogen-bond acceptors (Lipinski definition) is 5. The van der Waals surface area contributed by atoms with E-state index in [2.05, 4.69) is 10.1 Å². The minimum Gasteiger partial charge on any atom is -0.338 e. The first-order chi connectivity index (χ1) is 12.4. The number of carbonyl (C=O) groups excluding carboxylic acids is 2. The van der Waals surface area contributed by atoms with Crippen LogP contribution in [0, 0.1) is 19.8 Å². The molecule has 0 radical (unpaired) electrons. The van der Waals surface area contributed by atoms with E-state index in [1.807, 2.05) is 36.4 Å². The quantitative estimate of drug-likeness (QED) is 0.633. The van der Waals surface area contributed by atoms with E-state index in [-0.39, 0.29) is 17.5 Å². The molecular weight excluding hydrogens is 334 g/mol. The van der Waals surface area contributed by atoms with E-state index in [0.717, 1.165) is 22.6 Å². The second-order valence-corrected chi connectivity index (χ2v) is 6.76. The average molecular weight is 357 g/mol. The Morgan fingerprint density at radius 2 is 2.12 bits per heavy atom. The molecule has 0 spiro atoms. The molecule has 3 heterocycles. The van der Waals surface area contributed by atoms with Crippen molar-refractivity contribution in [1.82, 2.24) is 25.1 Å². The van der Waals surface area contributed by atoms with Gasteiger partial charge in [-0.1, -0.05) is 13.0 Å². The number of hydrogen-bond donors (Lipinski definition) is 2. The van der Waals surface area contributed by atoms with Crippen LogP contribution in [0.25, 0.3) is 0 Å². The van der Waals surface area contributed by atoms with Gasteiger partial charge in [0.15, 0.2) is 0 Å². The molecule has 1 unspecified atom stereocenters. The lowest BCUT2D eigenvalue weighted by Crippen LogP contribution is -2.40. The summed E-state index contributed by atoms with van der Waals surface area (Å²) in [5.41, 5.74) is 5.47. The van der Waals surface area contributed by atoms with Gasteiger partial charge < -0.3 is 4.90 Å². The number of nitrogens with zero attached hydrogens (tertiary/aromatic N) is 4. The summed E-state index contributed by atoms with van der Waals surface area (Å²) < 4.78 is 1.87. The molecule has 0 saturated carbocycles. The molecule has 26 heavy (non-hydrogen) atoms. The van der Waals surface area contributed by atoms with Crippen LogP contribution in [0.4, 0.5) is 0 Å². The van der Waals surface area contributed by atoms with Gasteiger partial charge in [-0.25, -0.2) is 10.5 Å². The predicted octanol–water partition coefficient (Wildman–Crippen LogP) is 1.23. The first-order valence-corrected chi connectivity index (χ1v) is 8.62. The fraction of sp³-hybridized carbons (Fsp3) is 0.444. The monoisotopic (exact) mass is 357 g/mol. The molecular formula is C18H23N5O3. The Labute approximate surface area is 151 Å². The van der Waals surface area contributed by atoms with Crippen LogP contribution < -0.4 is 5.48 Å². The molecule has 2 aromatic heterocycles. The fourth-order valence-electron chi connectivity index (χ4n) is 3.30. The molecule has 2 amide bonds. The molecule has 8 heteroatoms. The molecule has 3 rings (SSSR count). The van der Waals surface area contributed by atoms with Crippen molar-refractivity contribution in [3.8, 4) is 0 Å². The molecule has 2 N–H and O–H groups in total. The topological polar surface area (TPSA) is 100 Å². The highest BCUT2D eigenvalue weighted by molar-refractivity contribution is 5.91. The average Bonchev–Trinajstić information content (AvgIpc) is 2.96. The Bertz CT molecular complexity index is 845. The van der Waals surface area contributed by atoms with Crippen LogP contribution in [0.1, 0.15) is 40.1 Å². The van der Waals surface area contributed by atoms with E-state index >= 15 is 0 Å². The van der Waals surface area contributed by atoms with Crippen molar-refractivity contribution in [2.75, 3.05) is 6.54 Å². The number of aromatic nitrogens is 3. The van der Waals surface area contributed by atoms with Crippen LogP contribution in [-0.2, 0) is 24.3 Å². The summed E-state index contributed by atoms with van der Waals surface area (Å²) in [7, 11) is 0. The highest BCUT2D eigenvalue weighted by Gasteiger charge is 2.26. The van der Waals surface area contributed by atoms with E-state index in [4.69, 9.17) is 5.21 Å². The Morgan fingerprint density at radius 3 is 2.77 bits per heavy atom. The minimum absolute atomic E-state index is 0.0837. The van der Waals surface area contributed by atoms with Gasteiger partial charge in [0.25, 0.3) is 5.91 Å². The van der Waals surface area contributed by atoms with Gasteiger partial charge in [-0.15, -0.1) is 0 Å². The van der Waals surface area contributed by atoms with Gasteiger partial charge in [0, 0.05) is 30.9 Å². The van der Waals surface area contributed by atoms with Gasteiger partial charge in [0.2, 0.25) is 5.91 Å². The number of fused-ring (bicyclic) bond motifs is 1. The Kier molecular flexibility index (Phi) is 5.03. The summed E-state index contributed by atoms with van der Waals surface area (Å²) in [6.07, 6.45) is 0.584. The van der Waals surface area contributed by atoms with Crippen LogP contribution in [0.2, 0.25) is 0 Å². The number of aryl methyl sites for hydroxylation is 2. The number of carbonyl (C=O) groups is 2. The highest BCUT2D eigenvalue weighted by atomic mass is 16.5.